The molecule has 3 heterocycles. The topological polar surface area (TPSA) is 79.4 Å². The van der Waals surface area contributed by atoms with E-state index in [1.54, 1.807) is 0 Å². The number of amides is 2. The molecule has 1 aromatic carbocycles. The first-order valence-electron chi connectivity index (χ1n) is 11.1. The van der Waals surface area contributed by atoms with Gasteiger partial charge in [0.25, 0.3) is 0 Å². The maximum absolute atomic E-state index is 13.1. The highest BCUT2D eigenvalue weighted by molar-refractivity contribution is 6.32. The Labute approximate surface area is 194 Å². The molecule has 2 amide bonds. The number of carbonyl (C=O) groups is 1. The molecule has 0 unspecified atom stereocenters. The van der Waals surface area contributed by atoms with Crippen molar-refractivity contribution in [2.45, 2.75) is 58.3 Å². The van der Waals surface area contributed by atoms with Gasteiger partial charge in [-0.1, -0.05) is 29.8 Å². The van der Waals surface area contributed by atoms with E-state index in [4.69, 9.17) is 21.3 Å². The monoisotopic (exact) mass is 455 g/mol. The van der Waals surface area contributed by atoms with E-state index in [2.05, 4.69) is 15.6 Å². The summed E-state index contributed by atoms with van der Waals surface area (Å²) < 4.78 is 5.42. The van der Waals surface area contributed by atoms with Gasteiger partial charge in [0.05, 0.1) is 17.8 Å². The van der Waals surface area contributed by atoms with E-state index < -0.39 is 5.54 Å². The third kappa shape index (κ3) is 4.74. The highest BCUT2D eigenvalue weighted by Gasteiger charge is 2.41. The molecule has 2 N–H and O–H groups in total. The van der Waals surface area contributed by atoms with Crippen LogP contribution in [0.1, 0.15) is 56.0 Å². The van der Waals surface area contributed by atoms with Crippen molar-refractivity contribution in [2.24, 2.45) is 0 Å². The van der Waals surface area contributed by atoms with Crippen molar-refractivity contribution in [3.8, 4) is 0 Å². The Morgan fingerprint density at radius 2 is 2.12 bits per heavy atom. The molecule has 1 saturated heterocycles. The summed E-state index contributed by atoms with van der Waals surface area (Å²) in [5.74, 6) is 0.617. The van der Waals surface area contributed by atoms with E-state index >= 15 is 0 Å². The van der Waals surface area contributed by atoms with E-state index in [0.717, 1.165) is 48.4 Å². The molecule has 2 aliphatic rings. The van der Waals surface area contributed by atoms with Gasteiger partial charge in [0.2, 0.25) is 5.95 Å². The lowest BCUT2D eigenvalue weighted by atomic mass is 9.97. The number of fused-ring (bicyclic) bond motifs is 1. The number of hydrogen-bond donors (Lipinski definition) is 2. The van der Waals surface area contributed by atoms with Crippen LogP contribution in [-0.2, 0) is 23.4 Å². The molecule has 7 nitrogen and oxygen atoms in total. The molecular weight excluding hydrogens is 426 g/mol. The summed E-state index contributed by atoms with van der Waals surface area (Å²) in [6.07, 6.45) is 7.64. The van der Waals surface area contributed by atoms with Crippen molar-refractivity contribution >= 4 is 29.7 Å². The number of anilines is 1. The molecule has 0 spiro atoms. The first-order valence-corrected chi connectivity index (χ1v) is 11.4. The maximum atomic E-state index is 13.1. The summed E-state index contributed by atoms with van der Waals surface area (Å²) in [6.45, 7) is 8.39. The predicted octanol–water partition coefficient (Wildman–Crippen LogP) is 4.71. The Balaban J connectivity index is 1.43. The summed E-state index contributed by atoms with van der Waals surface area (Å²) >= 11 is 6.23. The molecule has 0 aliphatic carbocycles. The first kappa shape index (κ1) is 22.6. The van der Waals surface area contributed by atoms with Gasteiger partial charge >= 0.3 is 6.03 Å². The normalized spacial score (nSPS) is 18.1. The smallest absolute Gasteiger partial charge is 0.318 e. The third-order valence-corrected chi connectivity index (χ3v) is 6.50. The van der Waals surface area contributed by atoms with Gasteiger partial charge in [0, 0.05) is 42.6 Å². The second-order valence-electron chi connectivity index (χ2n) is 8.74. The number of urea groups is 1. The number of halogens is 1. The van der Waals surface area contributed by atoms with Gasteiger partial charge in [-0.3, -0.25) is 0 Å². The van der Waals surface area contributed by atoms with E-state index in [-0.39, 0.29) is 6.03 Å². The molecule has 2 aliphatic heterocycles. The number of nitrogens with one attached hydrogen (secondary N) is 2. The van der Waals surface area contributed by atoms with E-state index in [1.165, 1.54) is 0 Å². The number of hydrogen-bond acceptors (Lipinski definition) is 5. The second kappa shape index (κ2) is 9.46. The fourth-order valence-corrected chi connectivity index (χ4v) is 4.43. The van der Waals surface area contributed by atoms with Crippen LogP contribution < -0.4 is 10.6 Å². The molecule has 32 heavy (non-hydrogen) atoms. The lowest BCUT2D eigenvalue weighted by Gasteiger charge is -2.32. The van der Waals surface area contributed by atoms with Crippen molar-refractivity contribution < 1.29 is 9.53 Å². The summed E-state index contributed by atoms with van der Waals surface area (Å²) in [6, 6.07) is 5.97. The molecule has 0 radical (unpaired) electrons. The van der Waals surface area contributed by atoms with Crippen LogP contribution in [0.15, 0.2) is 30.5 Å². The van der Waals surface area contributed by atoms with Crippen LogP contribution in [0.5, 0.6) is 0 Å². The molecular formula is C24H30ClN5O2. The molecule has 170 valence electrons. The predicted molar refractivity (Wildman–Crippen MR) is 126 cm³/mol. The molecule has 0 atom stereocenters. The molecule has 8 heteroatoms. The number of benzene rings is 1. The number of rotatable bonds is 5. The minimum atomic E-state index is -0.493. The Morgan fingerprint density at radius 1 is 1.34 bits per heavy atom. The second-order valence-corrected chi connectivity index (χ2v) is 9.15. The van der Waals surface area contributed by atoms with Gasteiger partial charge in [0.15, 0.2) is 0 Å². The molecule has 1 aromatic heterocycles. The van der Waals surface area contributed by atoms with E-state index in [9.17, 15) is 4.79 Å². The summed E-state index contributed by atoms with van der Waals surface area (Å²) in [4.78, 5) is 24.1. The largest absolute Gasteiger partial charge is 0.381 e. The van der Waals surface area contributed by atoms with Gasteiger partial charge in [-0.15, -0.1) is 0 Å². The van der Waals surface area contributed by atoms with Crippen molar-refractivity contribution in [1.82, 2.24) is 20.2 Å². The maximum Gasteiger partial charge on any atom is 0.318 e. The highest BCUT2D eigenvalue weighted by atomic mass is 35.5. The zero-order valence-electron chi connectivity index (χ0n) is 18.8. The van der Waals surface area contributed by atoms with Gasteiger partial charge in [-0.05, 0) is 56.9 Å². The third-order valence-electron chi connectivity index (χ3n) is 6.16. The quantitative estimate of drug-likeness (QED) is 0.682. The van der Waals surface area contributed by atoms with Gasteiger partial charge in [-0.2, -0.15) is 0 Å². The standard InChI is InChI=1S/C24H30ClN5O2/c1-4-5-17-12-16(6-7-20(17)25)13-27-23(31)30-15-21-19(24(30,2)3)14-26-22(29-21)28-18-8-10-32-11-9-18/h4-7,12,14,18H,8-11,13,15H2,1-3H3,(H,27,31)(H,26,28,29). The minimum absolute atomic E-state index is 0.130. The Morgan fingerprint density at radius 3 is 2.88 bits per heavy atom. The lowest BCUT2D eigenvalue weighted by Crippen LogP contribution is -2.45. The number of allylic oxidation sites excluding steroid dienone is 1. The molecule has 0 bridgehead atoms. The van der Waals surface area contributed by atoms with Crippen LogP contribution in [0.4, 0.5) is 10.7 Å². The fraction of sp³-hybridized carbons (Fsp3) is 0.458. The van der Waals surface area contributed by atoms with Crippen LogP contribution in [0.25, 0.3) is 6.08 Å². The molecule has 4 rings (SSSR count). The van der Waals surface area contributed by atoms with Crippen LogP contribution in [0, 0.1) is 0 Å². The molecule has 2 aromatic rings. The van der Waals surface area contributed by atoms with E-state index in [0.29, 0.717) is 30.1 Å². The van der Waals surface area contributed by atoms with Gasteiger partial charge < -0.3 is 20.3 Å². The van der Waals surface area contributed by atoms with Crippen molar-refractivity contribution in [3.63, 3.8) is 0 Å². The van der Waals surface area contributed by atoms with Gasteiger partial charge in [-0.25, -0.2) is 14.8 Å². The lowest BCUT2D eigenvalue weighted by molar-refractivity contribution is 0.0903. The zero-order chi connectivity index (χ0) is 22.7. The van der Waals surface area contributed by atoms with Crippen LogP contribution >= 0.6 is 11.6 Å². The summed E-state index contributed by atoms with van der Waals surface area (Å²) in [5, 5.41) is 7.15. The highest BCUT2D eigenvalue weighted by Crippen LogP contribution is 2.38. The van der Waals surface area contributed by atoms with Crippen molar-refractivity contribution in [1.29, 1.82) is 0 Å². The fourth-order valence-electron chi connectivity index (χ4n) is 4.24. The van der Waals surface area contributed by atoms with E-state index in [1.807, 2.05) is 62.2 Å². The number of ether oxygens (including phenoxy) is 1. The average Bonchev–Trinajstić information content (AvgIpc) is 3.05. The summed E-state index contributed by atoms with van der Waals surface area (Å²) in [7, 11) is 0. The number of carbonyl (C=O) groups excluding carboxylic acids is 1. The minimum Gasteiger partial charge on any atom is -0.381 e. The van der Waals surface area contributed by atoms with Crippen LogP contribution in [0.3, 0.4) is 0 Å². The van der Waals surface area contributed by atoms with Gasteiger partial charge in [0.1, 0.15) is 0 Å². The Kier molecular flexibility index (Phi) is 6.67. The SMILES string of the molecule is CC=Cc1cc(CNC(=O)N2Cc3nc(NC4CCOCC4)ncc3C2(C)C)ccc1Cl. The van der Waals surface area contributed by atoms with Crippen LogP contribution in [-0.4, -0.2) is 40.2 Å². The molecule has 1 fully saturated rings. The van der Waals surface area contributed by atoms with Crippen LogP contribution in [0.2, 0.25) is 5.02 Å². The number of nitrogens with zero attached hydrogens (tertiary/aromatic N) is 3. The Hall–Kier alpha value is -2.64. The first-order chi connectivity index (χ1) is 15.4. The average molecular weight is 456 g/mol. The molecule has 0 saturated carbocycles. The number of aromatic nitrogens is 2. The van der Waals surface area contributed by atoms with Crippen molar-refractivity contribution in [3.05, 3.63) is 57.9 Å². The zero-order valence-corrected chi connectivity index (χ0v) is 19.6. The Bertz CT molecular complexity index is 1020. The van der Waals surface area contributed by atoms with Crippen molar-refractivity contribution in [2.75, 3.05) is 18.5 Å². The summed E-state index contributed by atoms with van der Waals surface area (Å²) in [5.41, 5.74) is 3.30.